The van der Waals surface area contributed by atoms with Crippen molar-refractivity contribution < 1.29 is 4.79 Å². The Labute approximate surface area is 148 Å². The lowest BCUT2D eigenvalue weighted by Gasteiger charge is -2.37. The van der Waals surface area contributed by atoms with Gasteiger partial charge in [0, 0.05) is 37.9 Å². The fourth-order valence-corrected chi connectivity index (χ4v) is 4.01. The topological polar surface area (TPSA) is 49.3 Å². The fourth-order valence-electron chi connectivity index (χ4n) is 4.01. The molecule has 25 heavy (non-hydrogen) atoms. The number of piperidine rings is 1. The molecule has 130 valence electrons. The Morgan fingerprint density at radius 3 is 2.72 bits per heavy atom. The third-order valence-electron chi connectivity index (χ3n) is 5.56. The van der Waals surface area contributed by atoms with Gasteiger partial charge < -0.3 is 9.80 Å². The molecule has 1 aliphatic carbocycles. The summed E-state index contributed by atoms with van der Waals surface area (Å²) in [6, 6.07) is 10.6. The molecule has 4 rings (SSSR count). The van der Waals surface area contributed by atoms with Crippen LogP contribution in [-0.2, 0) is 12.8 Å². The number of hydrogen-bond donors (Lipinski definition) is 0. The van der Waals surface area contributed by atoms with Gasteiger partial charge in [-0.15, -0.1) is 5.10 Å². The third-order valence-corrected chi connectivity index (χ3v) is 5.56. The lowest BCUT2D eigenvalue weighted by atomic mass is 10.0. The predicted molar refractivity (Wildman–Crippen MR) is 97.8 cm³/mol. The molecule has 0 N–H and O–H groups in total. The fraction of sp³-hybridized carbons (Fsp3) is 0.450. The number of rotatable bonds is 3. The second kappa shape index (κ2) is 6.82. The van der Waals surface area contributed by atoms with E-state index in [0.29, 0.717) is 6.04 Å². The molecule has 1 amide bonds. The van der Waals surface area contributed by atoms with Crippen LogP contribution in [0.3, 0.4) is 0 Å². The van der Waals surface area contributed by atoms with Gasteiger partial charge >= 0.3 is 0 Å². The molecule has 0 spiro atoms. The molecule has 0 radical (unpaired) electrons. The largest absolute Gasteiger partial charge is 0.355 e. The first-order valence-corrected chi connectivity index (χ1v) is 9.14. The molecular formula is C20H24N4O. The van der Waals surface area contributed by atoms with Gasteiger partial charge in [0.1, 0.15) is 0 Å². The van der Waals surface area contributed by atoms with Gasteiger partial charge in [-0.2, -0.15) is 5.10 Å². The van der Waals surface area contributed by atoms with Crippen molar-refractivity contribution in [1.82, 2.24) is 15.1 Å². The van der Waals surface area contributed by atoms with Crippen molar-refractivity contribution in [3.8, 4) is 0 Å². The van der Waals surface area contributed by atoms with Crippen molar-refractivity contribution in [3.63, 3.8) is 0 Å². The van der Waals surface area contributed by atoms with E-state index in [1.54, 1.807) is 6.20 Å². The zero-order chi connectivity index (χ0) is 17.2. The van der Waals surface area contributed by atoms with Crippen LogP contribution < -0.4 is 4.90 Å². The lowest BCUT2D eigenvalue weighted by molar-refractivity contribution is 0.0713. The van der Waals surface area contributed by atoms with Gasteiger partial charge in [0.15, 0.2) is 5.82 Å². The van der Waals surface area contributed by atoms with E-state index in [4.69, 9.17) is 0 Å². The monoisotopic (exact) mass is 336 g/mol. The van der Waals surface area contributed by atoms with Gasteiger partial charge in [0.05, 0.1) is 0 Å². The second-order valence-corrected chi connectivity index (χ2v) is 7.05. The minimum atomic E-state index is 0.176. The Balaban J connectivity index is 1.39. The lowest BCUT2D eigenvalue weighted by Crippen LogP contribution is -2.46. The van der Waals surface area contributed by atoms with Crippen LogP contribution in [0.4, 0.5) is 5.82 Å². The summed E-state index contributed by atoms with van der Waals surface area (Å²) in [4.78, 5) is 17.0. The number of likely N-dealkylation sites (tertiary alicyclic amines) is 1. The molecular weight excluding hydrogens is 312 g/mol. The van der Waals surface area contributed by atoms with Crippen molar-refractivity contribution in [2.45, 2.75) is 38.1 Å². The first-order valence-electron chi connectivity index (χ1n) is 9.14. The van der Waals surface area contributed by atoms with E-state index < -0.39 is 0 Å². The van der Waals surface area contributed by atoms with E-state index in [-0.39, 0.29) is 5.91 Å². The van der Waals surface area contributed by atoms with E-state index in [2.05, 4.69) is 34.3 Å². The number of amides is 1. The zero-order valence-corrected chi connectivity index (χ0v) is 14.7. The number of hydrogen-bond acceptors (Lipinski definition) is 4. The summed E-state index contributed by atoms with van der Waals surface area (Å²) in [7, 11) is 2.06. The Morgan fingerprint density at radius 2 is 1.96 bits per heavy atom. The van der Waals surface area contributed by atoms with Crippen LogP contribution in [0.25, 0.3) is 0 Å². The summed E-state index contributed by atoms with van der Waals surface area (Å²) >= 11 is 0. The summed E-state index contributed by atoms with van der Waals surface area (Å²) in [5, 5.41) is 8.14. The van der Waals surface area contributed by atoms with E-state index >= 15 is 0 Å². The van der Waals surface area contributed by atoms with Crippen LogP contribution in [0.15, 0.2) is 36.5 Å². The minimum absolute atomic E-state index is 0.176. The number of benzene rings is 1. The third kappa shape index (κ3) is 3.23. The number of aromatic nitrogens is 2. The Bertz CT molecular complexity index is 754. The first-order chi connectivity index (χ1) is 12.2. The number of nitrogens with zero attached hydrogens (tertiary/aromatic N) is 4. The number of carbonyl (C=O) groups is 1. The molecule has 2 heterocycles. The van der Waals surface area contributed by atoms with Gasteiger partial charge in [-0.05, 0) is 67.5 Å². The van der Waals surface area contributed by atoms with Gasteiger partial charge in [-0.3, -0.25) is 4.79 Å². The Kier molecular flexibility index (Phi) is 4.38. The SMILES string of the molecule is CN(c1cccnn1)C1CCN(C(=O)c2ccc3c(c2)CCC3)CC1. The van der Waals surface area contributed by atoms with Crippen molar-refractivity contribution in [2.75, 3.05) is 25.0 Å². The molecule has 1 aromatic heterocycles. The summed E-state index contributed by atoms with van der Waals surface area (Å²) in [6.45, 7) is 1.59. The van der Waals surface area contributed by atoms with Crippen LogP contribution >= 0.6 is 0 Å². The molecule has 0 unspecified atom stereocenters. The smallest absolute Gasteiger partial charge is 0.253 e. The highest BCUT2D eigenvalue weighted by Crippen LogP contribution is 2.25. The molecule has 1 aliphatic heterocycles. The highest BCUT2D eigenvalue weighted by Gasteiger charge is 2.27. The number of anilines is 1. The predicted octanol–water partition coefficient (Wildman–Crippen LogP) is 2.71. The van der Waals surface area contributed by atoms with Gasteiger partial charge in [0.25, 0.3) is 5.91 Å². The molecule has 0 bridgehead atoms. The van der Waals surface area contributed by atoms with E-state index in [1.165, 1.54) is 17.5 Å². The summed E-state index contributed by atoms with van der Waals surface area (Å²) in [5.41, 5.74) is 3.63. The molecule has 2 aliphatic rings. The average Bonchev–Trinajstić information content (AvgIpc) is 3.15. The van der Waals surface area contributed by atoms with Gasteiger partial charge in [-0.25, -0.2) is 0 Å². The quantitative estimate of drug-likeness (QED) is 0.865. The van der Waals surface area contributed by atoms with Crippen LogP contribution in [0.5, 0.6) is 0 Å². The molecule has 1 fully saturated rings. The Hall–Kier alpha value is -2.43. The zero-order valence-electron chi connectivity index (χ0n) is 14.7. The molecule has 2 aromatic rings. The van der Waals surface area contributed by atoms with Crippen molar-refractivity contribution in [2.24, 2.45) is 0 Å². The average molecular weight is 336 g/mol. The standard InChI is InChI=1S/C20H24N4O/c1-23(19-6-3-11-21-22-19)18-9-12-24(13-10-18)20(25)17-8-7-15-4-2-5-16(15)14-17/h3,6-8,11,14,18H,2,4-5,9-10,12-13H2,1H3. The maximum atomic E-state index is 12.8. The molecule has 5 nitrogen and oxygen atoms in total. The molecule has 0 saturated carbocycles. The van der Waals surface area contributed by atoms with Crippen molar-refractivity contribution in [1.29, 1.82) is 0 Å². The van der Waals surface area contributed by atoms with Gasteiger partial charge in [-0.1, -0.05) is 6.07 Å². The molecule has 5 heteroatoms. The number of carbonyl (C=O) groups excluding carboxylic acids is 1. The molecule has 0 atom stereocenters. The second-order valence-electron chi connectivity index (χ2n) is 7.05. The van der Waals surface area contributed by atoms with E-state index in [1.807, 2.05) is 23.1 Å². The van der Waals surface area contributed by atoms with Crippen LogP contribution in [0.2, 0.25) is 0 Å². The van der Waals surface area contributed by atoms with Crippen molar-refractivity contribution >= 4 is 11.7 Å². The first kappa shape index (κ1) is 16.1. The van der Waals surface area contributed by atoms with Crippen molar-refractivity contribution in [3.05, 3.63) is 53.2 Å². The maximum absolute atomic E-state index is 12.8. The Morgan fingerprint density at radius 1 is 1.16 bits per heavy atom. The van der Waals surface area contributed by atoms with E-state index in [9.17, 15) is 4.79 Å². The normalized spacial score (nSPS) is 17.4. The van der Waals surface area contributed by atoms with Crippen LogP contribution in [0.1, 0.15) is 40.7 Å². The van der Waals surface area contributed by atoms with E-state index in [0.717, 1.165) is 50.2 Å². The number of fused-ring (bicyclic) bond motifs is 1. The maximum Gasteiger partial charge on any atom is 0.253 e. The molecule has 1 saturated heterocycles. The highest BCUT2D eigenvalue weighted by molar-refractivity contribution is 5.94. The van der Waals surface area contributed by atoms with Gasteiger partial charge in [0.2, 0.25) is 0 Å². The summed E-state index contributed by atoms with van der Waals surface area (Å²) < 4.78 is 0. The summed E-state index contributed by atoms with van der Waals surface area (Å²) in [5.74, 6) is 1.07. The highest BCUT2D eigenvalue weighted by atomic mass is 16.2. The van der Waals surface area contributed by atoms with Crippen LogP contribution in [0, 0.1) is 0 Å². The molecule has 1 aromatic carbocycles. The number of aryl methyl sites for hydroxylation is 2. The van der Waals surface area contributed by atoms with Crippen LogP contribution in [-0.4, -0.2) is 47.2 Å². The minimum Gasteiger partial charge on any atom is -0.355 e. The summed E-state index contributed by atoms with van der Waals surface area (Å²) in [6.07, 6.45) is 7.10.